The van der Waals surface area contributed by atoms with E-state index in [-0.39, 0.29) is 6.61 Å². The Kier molecular flexibility index (Phi) is 6.83. The van der Waals surface area contributed by atoms with Crippen molar-refractivity contribution in [1.82, 2.24) is 0 Å². The fourth-order valence-corrected chi connectivity index (χ4v) is 4.61. The van der Waals surface area contributed by atoms with E-state index in [1.54, 1.807) is 0 Å². The Balaban J connectivity index is 1.70. The van der Waals surface area contributed by atoms with Gasteiger partial charge in [0.2, 0.25) is 0 Å². The zero-order valence-corrected chi connectivity index (χ0v) is 17.7. The van der Waals surface area contributed by atoms with Crippen molar-refractivity contribution in [2.75, 3.05) is 19.8 Å². The summed E-state index contributed by atoms with van der Waals surface area (Å²) in [7, 11) is 0. The molecule has 2 aliphatic heterocycles. The largest absolute Gasteiger partial charge is 0.491 e. The molecule has 4 rings (SSSR count). The first-order valence-corrected chi connectivity index (χ1v) is 10.8. The predicted molar refractivity (Wildman–Crippen MR) is 113 cm³/mol. The number of aliphatic hydroxyl groups excluding tert-OH is 5. The number of hydrogen-bond acceptors (Lipinski definition) is 7. The van der Waals surface area contributed by atoms with Crippen molar-refractivity contribution in [2.45, 2.75) is 49.8 Å². The maximum absolute atomic E-state index is 10.6. The fourth-order valence-electron chi connectivity index (χ4n) is 4.33. The molecule has 0 spiro atoms. The number of halogens is 1. The number of aliphatic hydroxyl groups is 5. The maximum Gasteiger partial charge on any atom is 0.141 e. The first-order valence-electron chi connectivity index (χ1n) is 10.4. The van der Waals surface area contributed by atoms with E-state index in [9.17, 15) is 20.4 Å². The van der Waals surface area contributed by atoms with Crippen LogP contribution in [0.25, 0.3) is 0 Å². The highest BCUT2D eigenvalue weighted by atomic mass is 35.5. The van der Waals surface area contributed by atoms with Gasteiger partial charge in [-0.25, -0.2) is 0 Å². The van der Waals surface area contributed by atoms with Crippen LogP contribution in [0.2, 0.25) is 5.02 Å². The minimum Gasteiger partial charge on any atom is -0.491 e. The maximum atomic E-state index is 10.6. The predicted octanol–water partition coefficient (Wildman–Crippen LogP) is 0.915. The summed E-state index contributed by atoms with van der Waals surface area (Å²) >= 11 is 6.65. The molecule has 1 fully saturated rings. The van der Waals surface area contributed by atoms with Crippen molar-refractivity contribution < 1.29 is 35.0 Å². The molecule has 2 aliphatic rings. The van der Waals surface area contributed by atoms with E-state index in [0.29, 0.717) is 42.2 Å². The summed E-state index contributed by atoms with van der Waals surface area (Å²) in [6.07, 6.45) is -4.47. The third-order valence-electron chi connectivity index (χ3n) is 6.05. The van der Waals surface area contributed by atoms with Gasteiger partial charge in [0.1, 0.15) is 36.3 Å². The van der Waals surface area contributed by atoms with Gasteiger partial charge in [-0.3, -0.25) is 0 Å². The highest BCUT2D eigenvalue weighted by molar-refractivity contribution is 6.33. The van der Waals surface area contributed by atoms with Crippen LogP contribution >= 0.6 is 11.6 Å². The minimum absolute atomic E-state index is 0.0930. The fraction of sp³-hybridized carbons (Fsp3) is 0.478. The summed E-state index contributed by atoms with van der Waals surface area (Å²) in [5.74, 6) is 0.544. The van der Waals surface area contributed by atoms with E-state index in [2.05, 4.69) is 0 Å². The second kappa shape index (κ2) is 9.42. The normalized spacial score (nSPS) is 27.7. The lowest BCUT2D eigenvalue weighted by molar-refractivity contribution is -0.231. The molecule has 7 nitrogen and oxygen atoms in total. The summed E-state index contributed by atoms with van der Waals surface area (Å²) in [5, 5.41) is 50.1. The van der Waals surface area contributed by atoms with Crippen LogP contribution in [0.3, 0.4) is 0 Å². The van der Waals surface area contributed by atoms with E-state index in [0.717, 1.165) is 22.3 Å². The zero-order chi connectivity index (χ0) is 22.1. The van der Waals surface area contributed by atoms with Crippen LogP contribution in [0.5, 0.6) is 5.75 Å². The lowest BCUT2D eigenvalue weighted by Gasteiger charge is -2.40. The average Bonchev–Trinajstić information content (AvgIpc) is 3.27. The number of fused-ring (bicyclic) bond motifs is 1. The Labute approximate surface area is 185 Å². The molecule has 0 aliphatic carbocycles. The van der Waals surface area contributed by atoms with Crippen LogP contribution < -0.4 is 4.74 Å². The van der Waals surface area contributed by atoms with Crippen LogP contribution in [-0.2, 0) is 24.0 Å². The lowest BCUT2D eigenvalue weighted by Crippen LogP contribution is -2.55. The Morgan fingerprint density at radius 1 is 0.968 bits per heavy atom. The van der Waals surface area contributed by atoms with Gasteiger partial charge in [-0.05, 0) is 35.1 Å². The summed E-state index contributed by atoms with van der Waals surface area (Å²) in [4.78, 5) is 0. The van der Waals surface area contributed by atoms with Gasteiger partial charge in [0.25, 0.3) is 0 Å². The second-order valence-electron chi connectivity index (χ2n) is 8.06. The second-order valence-corrected chi connectivity index (χ2v) is 8.44. The van der Waals surface area contributed by atoms with Crippen LogP contribution in [0.1, 0.15) is 33.9 Å². The summed E-state index contributed by atoms with van der Waals surface area (Å²) < 4.78 is 11.6. The number of ether oxygens (including phenoxy) is 2. The topological polar surface area (TPSA) is 120 Å². The molecule has 8 heteroatoms. The van der Waals surface area contributed by atoms with Crippen LogP contribution in [0.15, 0.2) is 30.3 Å². The molecular formula is C23H27ClO7. The highest BCUT2D eigenvalue weighted by Crippen LogP contribution is 2.44. The Morgan fingerprint density at radius 3 is 2.35 bits per heavy atom. The molecular weight excluding hydrogens is 424 g/mol. The molecule has 31 heavy (non-hydrogen) atoms. The molecule has 2 heterocycles. The monoisotopic (exact) mass is 450 g/mol. The Hall–Kier alpha value is -1.71. The molecule has 0 amide bonds. The van der Waals surface area contributed by atoms with Crippen molar-refractivity contribution >= 4 is 11.6 Å². The molecule has 0 aromatic heterocycles. The molecule has 2 aromatic rings. The SMILES string of the molecule is OCCc1ccc(Cc2cc([C@@H]3O[C@H](CO)[C@@H](O)[C@H](O)[C@H]3O)c3c(c2Cl)OCC3)cc1. The van der Waals surface area contributed by atoms with E-state index in [1.165, 1.54) is 0 Å². The smallest absolute Gasteiger partial charge is 0.141 e. The first-order chi connectivity index (χ1) is 14.9. The molecule has 168 valence electrons. The molecule has 0 unspecified atom stereocenters. The summed E-state index contributed by atoms with van der Waals surface area (Å²) in [5.41, 5.74) is 4.28. The van der Waals surface area contributed by atoms with Gasteiger partial charge < -0.3 is 35.0 Å². The number of benzene rings is 2. The van der Waals surface area contributed by atoms with E-state index in [4.69, 9.17) is 26.2 Å². The van der Waals surface area contributed by atoms with Crippen molar-refractivity contribution in [3.63, 3.8) is 0 Å². The lowest BCUT2D eigenvalue weighted by atomic mass is 9.87. The molecule has 5 atom stereocenters. The molecule has 1 saturated heterocycles. The van der Waals surface area contributed by atoms with Crippen LogP contribution in [0, 0.1) is 0 Å². The Morgan fingerprint density at radius 2 is 1.68 bits per heavy atom. The van der Waals surface area contributed by atoms with Crippen molar-refractivity contribution in [3.05, 3.63) is 63.2 Å². The summed E-state index contributed by atoms with van der Waals surface area (Å²) in [6.45, 7) is 0.0509. The average molecular weight is 451 g/mol. The molecule has 2 aromatic carbocycles. The minimum atomic E-state index is -1.45. The van der Waals surface area contributed by atoms with Gasteiger partial charge >= 0.3 is 0 Å². The zero-order valence-electron chi connectivity index (χ0n) is 16.9. The van der Waals surface area contributed by atoms with Gasteiger partial charge in [-0.1, -0.05) is 41.9 Å². The van der Waals surface area contributed by atoms with Gasteiger partial charge in [-0.2, -0.15) is 0 Å². The summed E-state index contributed by atoms with van der Waals surface area (Å²) in [6, 6.07) is 9.72. The molecule has 0 saturated carbocycles. The van der Waals surface area contributed by atoms with E-state index < -0.39 is 37.1 Å². The van der Waals surface area contributed by atoms with Crippen molar-refractivity contribution in [3.8, 4) is 5.75 Å². The number of rotatable bonds is 6. The highest BCUT2D eigenvalue weighted by Gasteiger charge is 2.45. The van der Waals surface area contributed by atoms with E-state index in [1.807, 2.05) is 30.3 Å². The standard InChI is InChI=1S/C23H27ClO7/c24-18-14(9-13-3-1-12(2-4-13)5-7-25)10-16(15-6-8-30-22(15)18)23-21(29)20(28)19(27)17(11-26)31-23/h1-4,10,17,19-21,23,25-29H,5-9,11H2/t17-,19-,20+,21-,23+/m1/s1. The third-order valence-corrected chi connectivity index (χ3v) is 6.46. The molecule has 0 radical (unpaired) electrons. The van der Waals surface area contributed by atoms with Crippen molar-refractivity contribution in [2.24, 2.45) is 0 Å². The first kappa shape index (κ1) is 22.5. The number of hydrogen-bond donors (Lipinski definition) is 5. The molecule has 0 bridgehead atoms. The van der Waals surface area contributed by atoms with Crippen LogP contribution in [-0.4, -0.2) is 69.8 Å². The van der Waals surface area contributed by atoms with Crippen molar-refractivity contribution in [1.29, 1.82) is 0 Å². The van der Waals surface area contributed by atoms with Gasteiger partial charge in [-0.15, -0.1) is 0 Å². The van der Waals surface area contributed by atoms with Gasteiger partial charge in [0.05, 0.1) is 18.2 Å². The van der Waals surface area contributed by atoms with E-state index >= 15 is 0 Å². The third kappa shape index (κ3) is 4.32. The quantitative estimate of drug-likeness (QED) is 0.444. The molecule has 5 N–H and O–H groups in total. The van der Waals surface area contributed by atoms with Crippen LogP contribution in [0.4, 0.5) is 0 Å². The van der Waals surface area contributed by atoms with Gasteiger partial charge in [0.15, 0.2) is 0 Å². The Bertz CT molecular complexity index is 915. The van der Waals surface area contributed by atoms with Gasteiger partial charge in [0, 0.05) is 18.6 Å².